The van der Waals surface area contributed by atoms with Gasteiger partial charge in [0.05, 0.1) is 0 Å². The van der Waals surface area contributed by atoms with Crippen LogP contribution in [0.5, 0.6) is 0 Å². The zero-order valence-electron chi connectivity index (χ0n) is 14.0. The fourth-order valence-electron chi connectivity index (χ4n) is 3.77. The molecule has 3 rings (SSSR count). The zero-order valence-corrected chi connectivity index (χ0v) is 14.0. The third-order valence-corrected chi connectivity index (χ3v) is 5.61. The topological polar surface area (TPSA) is 75.6 Å². The van der Waals surface area contributed by atoms with Gasteiger partial charge >= 0.3 is 12.1 Å². The lowest BCUT2D eigenvalue weighted by Gasteiger charge is -2.41. The van der Waals surface area contributed by atoms with Crippen LogP contribution in [0.1, 0.15) is 44.6 Å². The molecule has 0 aromatic heterocycles. The monoisotopic (exact) mass is 331 g/mol. The number of nitrogens with one attached hydrogen (secondary N) is 1. The second-order valence-electron chi connectivity index (χ2n) is 7.39. The second-order valence-corrected chi connectivity index (χ2v) is 7.39. The molecule has 0 saturated heterocycles. The molecule has 2 aliphatic carbocycles. The maximum Gasteiger partial charge on any atom is 0.408 e. The molecule has 24 heavy (non-hydrogen) atoms. The Bertz CT molecular complexity index is 593. The van der Waals surface area contributed by atoms with Gasteiger partial charge in [0.1, 0.15) is 12.6 Å². The Morgan fingerprint density at radius 1 is 1.29 bits per heavy atom. The van der Waals surface area contributed by atoms with Crippen LogP contribution in [0.4, 0.5) is 4.79 Å². The number of amides is 1. The highest BCUT2D eigenvalue weighted by Gasteiger charge is 2.54. The van der Waals surface area contributed by atoms with E-state index in [1.807, 2.05) is 30.3 Å². The van der Waals surface area contributed by atoms with Gasteiger partial charge in [0, 0.05) is 0 Å². The van der Waals surface area contributed by atoms with Crippen LogP contribution in [0.3, 0.4) is 0 Å². The molecule has 2 aliphatic rings. The minimum Gasteiger partial charge on any atom is -0.480 e. The van der Waals surface area contributed by atoms with Crippen LogP contribution in [0, 0.1) is 17.3 Å². The summed E-state index contributed by atoms with van der Waals surface area (Å²) in [6, 6.07) is 8.50. The predicted octanol–water partition coefficient (Wildman–Crippen LogP) is 3.58. The number of carbonyl (C=O) groups excluding carboxylic acids is 1. The molecule has 1 amide bonds. The van der Waals surface area contributed by atoms with Crippen LogP contribution in [0.15, 0.2) is 30.3 Å². The van der Waals surface area contributed by atoms with Gasteiger partial charge in [-0.05, 0) is 35.7 Å². The fraction of sp³-hybridized carbons (Fsp3) is 0.579. The van der Waals surface area contributed by atoms with E-state index in [-0.39, 0.29) is 17.9 Å². The van der Waals surface area contributed by atoms with Gasteiger partial charge in [-0.15, -0.1) is 0 Å². The molecule has 130 valence electrons. The Hall–Kier alpha value is -2.04. The molecule has 1 aromatic carbocycles. The molecule has 0 radical (unpaired) electrons. The zero-order chi connectivity index (χ0) is 17.2. The summed E-state index contributed by atoms with van der Waals surface area (Å²) in [5.74, 6) is -0.572. The van der Waals surface area contributed by atoms with Crippen molar-refractivity contribution in [3.05, 3.63) is 35.9 Å². The number of benzene rings is 1. The highest BCUT2D eigenvalue weighted by molar-refractivity contribution is 5.80. The van der Waals surface area contributed by atoms with Gasteiger partial charge < -0.3 is 15.2 Å². The van der Waals surface area contributed by atoms with Crippen LogP contribution in [-0.2, 0) is 16.1 Å². The van der Waals surface area contributed by atoms with Gasteiger partial charge in [0.15, 0.2) is 0 Å². The van der Waals surface area contributed by atoms with E-state index in [0.717, 1.165) is 37.7 Å². The van der Waals surface area contributed by atoms with Crippen LogP contribution in [-0.4, -0.2) is 23.2 Å². The first-order valence-corrected chi connectivity index (χ1v) is 8.70. The molecular formula is C19H25NO4. The minimum absolute atomic E-state index is 0.00646. The summed E-state index contributed by atoms with van der Waals surface area (Å²) in [7, 11) is 0. The quantitative estimate of drug-likeness (QED) is 0.801. The van der Waals surface area contributed by atoms with Crippen LogP contribution in [0.25, 0.3) is 0 Å². The molecule has 2 unspecified atom stereocenters. The summed E-state index contributed by atoms with van der Waals surface area (Å²) in [6.45, 7) is 2.29. The lowest BCUT2D eigenvalue weighted by atomic mass is 9.66. The Morgan fingerprint density at radius 3 is 2.46 bits per heavy atom. The van der Waals surface area contributed by atoms with E-state index in [1.165, 1.54) is 0 Å². The molecule has 2 fully saturated rings. The number of carboxylic acids is 1. The summed E-state index contributed by atoms with van der Waals surface area (Å²) >= 11 is 0. The van der Waals surface area contributed by atoms with Crippen LogP contribution >= 0.6 is 0 Å². The first-order valence-electron chi connectivity index (χ1n) is 8.70. The highest BCUT2D eigenvalue weighted by atomic mass is 16.5. The molecule has 2 saturated carbocycles. The molecule has 0 heterocycles. The molecule has 5 nitrogen and oxygen atoms in total. The van der Waals surface area contributed by atoms with Gasteiger partial charge in [0.25, 0.3) is 0 Å². The highest BCUT2D eigenvalue weighted by Crippen LogP contribution is 2.58. The smallest absolute Gasteiger partial charge is 0.408 e. The summed E-state index contributed by atoms with van der Waals surface area (Å²) in [5.41, 5.74) is 0.921. The number of ether oxygens (including phenoxy) is 1. The second kappa shape index (κ2) is 6.83. The average molecular weight is 331 g/mol. The molecule has 2 atom stereocenters. The third kappa shape index (κ3) is 3.71. The summed E-state index contributed by atoms with van der Waals surface area (Å²) < 4.78 is 5.21. The lowest BCUT2D eigenvalue weighted by Crippen LogP contribution is -2.52. The number of hydrogen-bond donors (Lipinski definition) is 2. The van der Waals surface area contributed by atoms with E-state index >= 15 is 0 Å². The maximum atomic E-state index is 12.1. The number of hydrogen-bond acceptors (Lipinski definition) is 3. The van der Waals surface area contributed by atoms with Crippen molar-refractivity contribution in [1.29, 1.82) is 0 Å². The van der Waals surface area contributed by atoms with Crippen molar-refractivity contribution in [1.82, 2.24) is 5.32 Å². The normalized spacial score (nSPS) is 21.2. The van der Waals surface area contributed by atoms with Gasteiger partial charge in [-0.25, -0.2) is 9.59 Å². The Kier molecular flexibility index (Phi) is 4.78. The SMILES string of the molecule is CC1(C(C2CCC2)C(NC(=O)OCc2ccccc2)C(=O)O)CC1. The molecular weight excluding hydrogens is 306 g/mol. The van der Waals surface area contributed by atoms with Gasteiger partial charge in [0.2, 0.25) is 0 Å². The Labute approximate surface area is 142 Å². The van der Waals surface area contributed by atoms with Gasteiger partial charge in [-0.3, -0.25) is 0 Å². The summed E-state index contributed by atoms with van der Waals surface area (Å²) in [5, 5.41) is 12.3. The first-order chi connectivity index (χ1) is 11.5. The third-order valence-electron chi connectivity index (χ3n) is 5.61. The summed E-state index contributed by atoms with van der Waals surface area (Å²) in [4.78, 5) is 23.9. The molecule has 0 aliphatic heterocycles. The van der Waals surface area contributed by atoms with Crippen molar-refractivity contribution in [2.24, 2.45) is 17.3 Å². The lowest BCUT2D eigenvalue weighted by molar-refractivity contribution is -0.143. The first kappa shape index (κ1) is 16.8. The molecule has 5 heteroatoms. The van der Waals surface area contributed by atoms with Crippen LogP contribution < -0.4 is 5.32 Å². The van der Waals surface area contributed by atoms with Crippen molar-refractivity contribution in [2.45, 2.75) is 51.7 Å². The van der Waals surface area contributed by atoms with Crippen molar-refractivity contribution >= 4 is 12.1 Å². The number of alkyl carbamates (subject to hydrolysis) is 1. The van der Waals surface area contributed by atoms with E-state index in [1.54, 1.807) is 0 Å². The number of rotatable bonds is 7. The number of carbonyl (C=O) groups is 2. The standard InChI is InChI=1S/C19H25NO4/c1-19(10-11-19)15(14-8-5-9-14)16(17(21)22)20-18(23)24-12-13-6-3-2-4-7-13/h2-4,6-7,14-16H,5,8-12H2,1H3,(H,20,23)(H,21,22). The van der Waals surface area contributed by atoms with Crippen molar-refractivity contribution in [3.63, 3.8) is 0 Å². The van der Waals surface area contributed by atoms with Gasteiger partial charge in [-0.1, -0.05) is 56.5 Å². The van der Waals surface area contributed by atoms with Crippen molar-refractivity contribution < 1.29 is 19.4 Å². The van der Waals surface area contributed by atoms with E-state index in [9.17, 15) is 14.7 Å². The minimum atomic E-state index is -0.961. The predicted molar refractivity (Wildman–Crippen MR) is 89.4 cm³/mol. The van der Waals surface area contributed by atoms with E-state index in [0.29, 0.717) is 5.92 Å². The van der Waals surface area contributed by atoms with E-state index < -0.39 is 18.1 Å². The average Bonchev–Trinajstić information content (AvgIpc) is 3.26. The molecule has 0 bridgehead atoms. The molecule has 0 spiro atoms. The molecule has 1 aromatic rings. The van der Waals surface area contributed by atoms with Crippen molar-refractivity contribution in [3.8, 4) is 0 Å². The van der Waals surface area contributed by atoms with E-state index in [2.05, 4.69) is 12.2 Å². The fourth-order valence-corrected chi connectivity index (χ4v) is 3.77. The van der Waals surface area contributed by atoms with Crippen molar-refractivity contribution in [2.75, 3.05) is 0 Å². The number of aliphatic carboxylic acids is 1. The van der Waals surface area contributed by atoms with Gasteiger partial charge in [-0.2, -0.15) is 0 Å². The summed E-state index contributed by atoms with van der Waals surface area (Å²) in [6.07, 6.45) is 4.70. The molecule has 2 N–H and O–H groups in total. The number of carboxylic acid groups (broad SMARTS) is 1. The van der Waals surface area contributed by atoms with E-state index in [4.69, 9.17) is 4.74 Å². The largest absolute Gasteiger partial charge is 0.480 e. The Morgan fingerprint density at radius 2 is 1.96 bits per heavy atom. The Balaban J connectivity index is 1.62. The van der Waals surface area contributed by atoms with Crippen LogP contribution in [0.2, 0.25) is 0 Å². The maximum absolute atomic E-state index is 12.1.